The second-order valence-corrected chi connectivity index (χ2v) is 9.04. The van der Waals surface area contributed by atoms with E-state index >= 15 is 0 Å². The maximum atomic E-state index is 11.7. The van der Waals surface area contributed by atoms with Crippen LogP contribution >= 0.6 is 0 Å². The van der Waals surface area contributed by atoms with Gasteiger partial charge in [-0.05, 0) is 30.5 Å². The molecule has 0 aliphatic carbocycles. The molecule has 0 radical (unpaired) electrons. The van der Waals surface area contributed by atoms with Crippen LogP contribution in [0.3, 0.4) is 0 Å². The summed E-state index contributed by atoms with van der Waals surface area (Å²) in [5.41, 5.74) is 4.99. The summed E-state index contributed by atoms with van der Waals surface area (Å²) in [7, 11) is 0. The first kappa shape index (κ1) is 28.7. The molecule has 0 aromatic heterocycles. The Balaban J connectivity index is 2.24. The average Bonchev–Trinajstić information content (AvgIpc) is 2.77. The van der Waals surface area contributed by atoms with Gasteiger partial charge in [0.25, 0.3) is 0 Å². The number of hydrogen-bond donors (Lipinski definition) is 3. The molecular weight excluding hydrogens is 418 g/mol. The Labute approximate surface area is 199 Å². The maximum absolute atomic E-state index is 11.7. The molecular formula is C27H43NO5. The van der Waals surface area contributed by atoms with Crippen LogP contribution in [0.25, 0.3) is 0 Å². The van der Waals surface area contributed by atoms with Crippen LogP contribution in [0.1, 0.15) is 146 Å². The van der Waals surface area contributed by atoms with Crippen LogP contribution in [-0.4, -0.2) is 28.1 Å². The van der Waals surface area contributed by atoms with Gasteiger partial charge in [0.2, 0.25) is 5.91 Å². The van der Waals surface area contributed by atoms with Gasteiger partial charge in [-0.1, -0.05) is 103 Å². The van der Waals surface area contributed by atoms with Crippen molar-refractivity contribution in [3.8, 4) is 0 Å². The number of aromatic carboxylic acids is 2. The molecule has 186 valence electrons. The third kappa shape index (κ3) is 11.4. The molecule has 1 aromatic rings. The number of rotatable bonds is 20. The van der Waals surface area contributed by atoms with E-state index in [1.807, 2.05) is 0 Å². The van der Waals surface area contributed by atoms with E-state index in [1.54, 1.807) is 0 Å². The van der Waals surface area contributed by atoms with Crippen LogP contribution < -0.4 is 5.73 Å². The molecule has 6 heteroatoms. The van der Waals surface area contributed by atoms with Crippen molar-refractivity contribution in [1.82, 2.24) is 0 Å². The van der Waals surface area contributed by atoms with Crippen molar-refractivity contribution in [2.75, 3.05) is 0 Å². The Hall–Kier alpha value is -2.37. The zero-order valence-corrected chi connectivity index (χ0v) is 20.4. The summed E-state index contributed by atoms with van der Waals surface area (Å²) in [4.78, 5) is 34.8. The SMILES string of the molecule is CCCCCCCCCCCCCCCCCCc1c(C(=O)O)ccc(C(N)=O)c1C(=O)O. The zero-order chi connectivity index (χ0) is 24.5. The molecule has 1 amide bonds. The zero-order valence-electron chi connectivity index (χ0n) is 20.4. The first-order valence-electron chi connectivity index (χ1n) is 12.8. The van der Waals surface area contributed by atoms with Gasteiger partial charge < -0.3 is 15.9 Å². The van der Waals surface area contributed by atoms with E-state index in [1.165, 1.54) is 89.2 Å². The van der Waals surface area contributed by atoms with Crippen molar-refractivity contribution in [2.24, 2.45) is 5.73 Å². The number of benzene rings is 1. The maximum Gasteiger partial charge on any atom is 0.336 e. The quantitative estimate of drug-likeness (QED) is 0.181. The van der Waals surface area contributed by atoms with Gasteiger partial charge in [-0.3, -0.25) is 4.79 Å². The Morgan fingerprint density at radius 1 is 0.636 bits per heavy atom. The van der Waals surface area contributed by atoms with E-state index in [0.717, 1.165) is 19.3 Å². The molecule has 0 heterocycles. The van der Waals surface area contributed by atoms with Crippen molar-refractivity contribution < 1.29 is 24.6 Å². The number of carbonyl (C=O) groups is 3. The third-order valence-corrected chi connectivity index (χ3v) is 6.30. The lowest BCUT2D eigenvalue weighted by Crippen LogP contribution is -2.20. The number of unbranched alkanes of at least 4 members (excludes halogenated alkanes) is 15. The fourth-order valence-electron chi connectivity index (χ4n) is 4.41. The number of nitrogens with two attached hydrogens (primary N) is 1. The highest BCUT2D eigenvalue weighted by atomic mass is 16.4. The van der Waals surface area contributed by atoms with E-state index in [2.05, 4.69) is 6.92 Å². The summed E-state index contributed by atoms with van der Waals surface area (Å²) < 4.78 is 0. The lowest BCUT2D eigenvalue weighted by molar-refractivity contribution is 0.0690. The second kappa shape index (κ2) is 17.2. The standard InChI is InChI=1S/C27H43NO5/c1-2-3-4-5-6-7-8-9-10-11-12-13-14-15-16-17-18-21-22(26(30)31)19-20-23(25(28)29)24(21)27(32)33/h19-20H,2-18H2,1H3,(H2,28,29)(H,30,31)(H,32,33). The summed E-state index contributed by atoms with van der Waals surface area (Å²) in [6.45, 7) is 2.25. The van der Waals surface area contributed by atoms with Crippen molar-refractivity contribution in [1.29, 1.82) is 0 Å². The van der Waals surface area contributed by atoms with Gasteiger partial charge in [0.1, 0.15) is 0 Å². The second-order valence-electron chi connectivity index (χ2n) is 9.04. The van der Waals surface area contributed by atoms with Crippen LogP contribution in [0.4, 0.5) is 0 Å². The van der Waals surface area contributed by atoms with E-state index in [0.29, 0.717) is 12.8 Å². The molecule has 0 saturated carbocycles. The van der Waals surface area contributed by atoms with Gasteiger partial charge in [-0.2, -0.15) is 0 Å². The third-order valence-electron chi connectivity index (χ3n) is 6.30. The number of carbonyl (C=O) groups excluding carboxylic acids is 1. The molecule has 0 aliphatic heterocycles. The predicted octanol–water partition coefficient (Wildman–Crippen LogP) is 6.99. The van der Waals surface area contributed by atoms with Crippen LogP contribution in [0.5, 0.6) is 0 Å². The number of carboxylic acids is 2. The lowest BCUT2D eigenvalue weighted by atomic mass is 9.91. The molecule has 4 N–H and O–H groups in total. The highest BCUT2D eigenvalue weighted by Crippen LogP contribution is 2.23. The molecule has 0 spiro atoms. The summed E-state index contributed by atoms with van der Waals surface area (Å²) in [6.07, 6.45) is 20.0. The Morgan fingerprint density at radius 2 is 1.03 bits per heavy atom. The molecule has 0 saturated heterocycles. The Bertz CT molecular complexity index is 744. The van der Waals surface area contributed by atoms with Gasteiger partial charge in [-0.15, -0.1) is 0 Å². The molecule has 0 aliphatic rings. The minimum absolute atomic E-state index is 0.0710. The Kier molecular flexibility index (Phi) is 14.9. The minimum atomic E-state index is -1.32. The smallest absolute Gasteiger partial charge is 0.336 e. The number of amides is 1. The van der Waals surface area contributed by atoms with Crippen molar-refractivity contribution in [3.05, 3.63) is 34.4 Å². The highest BCUT2D eigenvalue weighted by molar-refractivity contribution is 6.07. The molecule has 1 aromatic carbocycles. The molecule has 6 nitrogen and oxygen atoms in total. The van der Waals surface area contributed by atoms with E-state index < -0.39 is 17.8 Å². The number of hydrogen-bond acceptors (Lipinski definition) is 3. The largest absolute Gasteiger partial charge is 0.478 e. The monoisotopic (exact) mass is 461 g/mol. The first-order valence-corrected chi connectivity index (χ1v) is 12.8. The molecule has 33 heavy (non-hydrogen) atoms. The van der Waals surface area contributed by atoms with E-state index in [-0.39, 0.29) is 22.3 Å². The molecule has 0 fully saturated rings. The molecule has 0 atom stereocenters. The lowest BCUT2D eigenvalue weighted by Gasteiger charge is -2.13. The van der Waals surface area contributed by atoms with Crippen molar-refractivity contribution in [2.45, 2.75) is 116 Å². The van der Waals surface area contributed by atoms with Gasteiger partial charge >= 0.3 is 11.9 Å². The topological polar surface area (TPSA) is 118 Å². The van der Waals surface area contributed by atoms with Gasteiger partial charge in [0, 0.05) is 0 Å². The summed E-state index contributed by atoms with van der Waals surface area (Å²) >= 11 is 0. The number of carboxylic acid groups (broad SMARTS) is 2. The van der Waals surface area contributed by atoms with E-state index in [9.17, 15) is 24.6 Å². The summed E-state index contributed by atoms with van der Waals surface area (Å²) in [5, 5.41) is 19.0. The normalized spacial score (nSPS) is 10.9. The first-order chi connectivity index (χ1) is 15.9. The molecule has 1 rings (SSSR count). The fraction of sp³-hybridized carbons (Fsp3) is 0.667. The minimum Gasteiger partial charge on any atom is -0.478 e. The van der Waals surface area contributed by atoms with Crippen LogP contribution in [0, 0.1) is 0 Å². The van der Waals surface area contributed by atoms with Crippen LogP contribution in [0.2, 0.25) is 0 Å². The molecule has 0 bridgehead atoms. The number of primary amides is 1. The summed E-state index contributed by atoms with van der Waals surface area (Å²) in [6, 6.07) is 2.46. The highest BCUT2D eigenvalue weighted by Gasteiger charge is 2.24. The fourth-order valence-corrected chi connectivity index (χ4v) is 4.41. The van der Waals surface area contributed by atoms with Crippen molar-refractivity contribution >= 4 is 17.8 Å². The molecule has 0 unspecified atom stereocenters. The predicted molar refractivity (Wildman–Crippen MR) is 132 cm³/mol. The van der Waals surface area contributed by atoms with Crippen LogP contribution in [-0.2, 0) is 6.42 Å². The Morgan fingerprint density at radius 3 is 1.39 bits per heavy atom. The average molecular weight is 462 g/mol. The summed E-state index contributed by atoms with van der Waals surface area (Å²) in [5.74, 6) is -3.38. The van der Waals surface area contributed by atoms with Gasteiger partial charge in [0.15, 0.2) is 0 Å². The van der Waals surface area contributed by atoms with Gasteiger partial charge in [-0.25, -0.2) is 9.59 Å². The van der Waals surface area contributed by atoms with Crippen LogP contribution in [0.15, 0.2) is 12.1 Å². The van der Waals surface area contributed by atoms with E-state index in [4.69, 9.17) is 5.73 Å². The van der Waals surface area contributed by atoms with Gasteiger partial charge in [0.05, 0.1) is 16.7 Å². The van der Waals surface area contributed by atoms with Crippen molar-refractivity contribution in [3.63, 3.8) is 0 Å².